The van der Waals surface area contributed by atoms with E-state index < -0.39 is 17.6 Å². The van der Waals surface area contributed by atoms with Gasteiger partial charge in [0, 0.05) is 12.1 Å². The van der Waals surface area contributed by atoms with Crippen molar-refractivity contribution in [3.05, 3.63) is 103 Å². The monoisotopic (exact) mass is 515 g/mol. The lowest BCUT2D eigenvalue weighted by molar-refractivity contribution is -0.139. The van der Waals surface area contributed by atoms with E-state index in [-0.39, 0.29) is 22.6 Å². The first kappa shape index (κ1) is 24.5. The number of hydrogen-bond donors (Lipinski definition) is 0. The van der Waals surface area contributed by atoms with Crippen LogP contribution in [0.2, 0.25) is 0 Å². The summed E-state index contributed by atoms with van der Waals surface area (Å²) in [5, 5.41) is 0. The first-order valence-electron chi connectivity index (χ1n) is 11.8. The van der Waals surface area contributed by atoms with E-state index >= 15 is 0 Å². The van der Waals surface area contributed by atoms with Gasteiger partial charge in [0.15, 0.2) is 4.80 Å². The standard InChI is InChI=1S/C28H25N3O5S/c1-5-15-30-20-10-8-7-9-19(20)22(25(30)32)24-26(33)31-23(17-11-13-18(35-4)14-12-17)21(27(34)36-6-2)16(3)29-28(31)37-24/h5,7-14,23H,1,6,15H2,2-4H3/b24-22-. The number of allylic oxidation sites excluding steroid dienone is 1. The maximum Gasteiger partial charge on any atom is 0.338 e. The van der Waals surface area contributed by atoms with Gasteiger partial charge >= 0.3 is 5.97 Å². The summed E-state index contributed by atoms with van der Waals surface area (Å²) in [5.41, 5.74) is 2.78. The molecule has 37 heavy (non-hydrogen) atoms. The molecular weight excluding hydrogens is 490 g/mol. The summed E-state index contributed by atoms with van der Waals surface area (Å²) in [6.07, 6.45) is 1.65. The summed E-state index contributed by atoms with van der Waals surface area (Å²) < 4.78 is 12.4. The van der Waals surface area contributed by atoms with Crippen molar-refractivity contribution in [1.29, 1.82) is 0 Å². The Hall–Kier alpha value is -4.24. The smallest absolute Gasteiger partial charge is 0.338 e. The fourth-order valence-electron chi connectivity index (χ4n) is 4.75. The molecule has 2 aliphatic rings. The zero-order valence-corrected chi connectivity index (χ0v) is 21.5. The van der Waals surface area contributed by atoms with Crippen LogP contribution in [0.25, 0.3) is 5.57 Å². The largest absolute Gasteiger partial charge is 0.497 e. The van der Waals surface area contributed by atoms with Crippen LogP contribution in [0.4, 0.5) is 5.69 Å². The topological polar surface area (TPSA) is 90.2 Å². The lowest BCUT2D eigenvalue weighted by Gasteiger charge is -2.24. The van der Waals surface area contributed by atoms with Crippen LogP contribution in [0, 0.1) is 0 Å². The number of benzene rings is 2. The van der Waals surface area contributed by atoms with E-state index in [4.69, 9.17) is 9.47 Å². The number of nitrogens with zero attached hydrogens (tertiary/aromatic N) is 3. The molecule has 1 unspecified atom stereocenters. The summed E-state index contributed by atoms with van der Waals surface area (Å²) in [7, 11) is 1.57. The fraction of sp³-hybridized carbons (Fsp3) is 0.214. The molecule has 5 rings (SSSR count). The Morgan fingerprint density at radius 2 is 1.89 bits per heavy atom. The third kappa shape index (κ3) is 3.92. The fourth-order valence-corrected chi connectivity index (χ4v) is 5.89. The highest BCUT2D eigenvalue weighted by molar-refractivity contribution is 7.07. The molecule has 0 aliphatic carbocycles. The lowest BCUT2D eigenvalue weighted by atomic mass is 9.96. The quantitative estimate of drug-likeness (QED) is 0.372. The van der Waals surface area contributed by atoms with Gasteiger partial charge in [0.2, 0.25) is 0 Å². The first-order valence-corrected chi connectivity index (χ1v) is 12.6. The molecule has 0 bridgehead atoms. The average molecular weight is 516 g/mol. The highest BCUT2D eigenvalue weighted by Gasteiger charge is 2.37. The molecule has 8 nitrogen and oxygen atoms in total. The zero-order valence-electron chi connectivity index (χ0n) is 20.7. The molecule has 2 aliphatic heterocycles. The number of hydrogen-bond acceptors (Lipinski definition) is 7. The van der Waals surface area contributed by atoms with Crippen molar-refractivity contribution in [3.63, 3.8) is 0 Å². The molecule has 1 aromatic heterocycles. The Bertz CT molecular complexity index is 1650. The van der Waals surface area contributed by atoms with E-state index in [1.165, 1.54) is 4.57 Å². The number of amides is 1. The summed E-state index contributed by atoms with van der Waals surface area (Å²) in [6, 6.07) is 13.8. The number of para-hydroxylation sites is 1. The van der Waals surface area contributed by atoms with Crippen LogP contribution in [0.1, 0.15) is 31.0 Å². The van der Waals surface area contributed by atoms with Crippen molar-refractivity contribution >= 4 is 34.5 Å². The summed E-state index contributed by atoms with van der Waals surface area (Å²) >= 11 is 1.15. The second kappa shape index (κ2) is 9.67. The SMILES string of the molecule is C=CCN1C(=O)/C(=c2\sc3n(c2=O)C(c2ccc(OC)cc2)C(C(=O)OCC)=C(C)N=3)c2ccccc21. The van der Waals surface area contributed by atoms with E-state index in [9.17, 15) is 14.4 Å². The number of carbonyl (C=O) groups excluding carboxylic acids is 2. The number of ether oxygens (including phenoxy) is 2. The molecule has 188 valence electrons. The second-order valence-electron chi connectivity index (χ2n) is 8.49. The van der Waals surface area contributed by atoms with Gasteiger partial charge in [0.1, 0.15) is 10.3 Å². The molecule has 9 heteroatoms. The van der Waals surface area contributed by atoms with Crippen LogP contribution in [-0.4, -0.2) is 36.7 Å². The van der Waals surface area contributed by atoms with E-state index in [0.29, 0.717) is 39.5 Å². The number of thiazole rings is 1. The Labute approximate surface area is 217 Å². The van der Waals surface area contributed by atoms with Crippen molar-refractivity contribution in [2.24, 2.45) is 4.99 Å². The van der Waals surface area contributed by atoms with Gasteiger partial charge in [0.05, 0.1) is 42.3 Å². The van der Waals surface area contributed by atoms with Crippen molar-refractivity contribution < 1.29 is 19.1 Å². The highest BCUT2D eigenvalue weighted by atomic mass is 32.1. The molecule has 0 saturated heterocycles. The number of fused-ring (bicyclic) bond motifs is 2. The van der Waals surface area contributed by atoms with Gasteiger partial charge in [-0.1, -0.05) is 47.7 Å². The highest BCUT2D eigenvalue weighted by Crippen LogP contribution is 2.35. The van der Waals surface area contributed by atoms with Crippen molar-refractivity contribution in [2.45, 2.75) is 19.9 Å². The van der Waals surface area contributed by atoms with Gasteiger partial charge in [-0.2, -0.15) is 0 Å². The number of esters is 1. The molecule has 1 amide bonds. The molecule has 0 N–H and O–H groups in total. The van der Waals surface area contributed by atoms with E-state index in [2.05, 4.69) is 11.6 Å². The van der Waals surface area contributed by atoms with Crippen LogP contribution in [0.5, 0.6) is 5.75 Å². The third-order valence-electron chi connectivity index (χ3n) is 6.39. The minimum Gasteiger partial charge on any atom is -0.497 e. The van der Waals surface area contributed by atoms with E-state index in [1.54, 1.807) is 44.1 Å². The van der Waals surface area contributed by atoms with Crippen molar-refractivity contribution in [2.75, 3.05) is 25.2 Å². The lowest BCUT2D eigenvalue weighted by Crippen LogP contribution is -2.41. The number of rotatable bonds is 6. The molecule has 1 atom stereocenters. The maximum absolute atomic E-state index is 14.1. The molecule has 0 radical (unpaired) electrons. The van der Waals surface area contributed by atoms with Gasteiger partial charge in [-0.05, 0) is 37.6 Å². The molecule has 3 aromatic rings. The minimum absolute atomic E-state index is 0.184. The van der Waals surface area contributed by atoms with Crippen LogP contribution < -0.4 is 24.5 Å². The normalized spacial score (nSPS) is 17.8. The summed E-state index contributed by atoms with van der Waals surface area (Å²) in [5.74, 6) is -0.164. The molecule has 0 saturated carbocycles. The van der Waals surface area contributed by atoms with Gasteiger partial charge in [-0.3, -0.25) is 14.2 Å². The van der Waals surface area contributed by atoms with Gasteiger partial charge in [-0.25, -0.2) is 9.79 Å². The van der Waals surface area contributed by atoms with Crippen molar-refractivity contribution in [1.82, 2.24) is 4.57 Å². The molecule has 3 heterocycles. The molecule has 2 aromatic carbocycles. The van der Waals surface area contributed by atoms with Crippen LogP contribution in [-0.2, 0) is 14.3 Å². The number of anilines is 1. The van der Waals surface area contributed by atoms with E-state index in [1.807, 2.05) is 36.4 Å². The maximum atomic E-state index is 14.1. The van der Waals surface area contributed by atoms with Crippen LogP contribution >= 0.6 is 11.3 Å². The van der Waals surface area contributed by atoms with Gasteiger partial charge < -0.3 is 14.4 Å². The average Bonchev–Trinajstić information content (AvgIpc) is 3.36. The van der Waals surface area contributed by atoms with Crippen LogP contribution in [0.3, 0.4) is 0 Å². The Kier molecular flexibility index (Phi) is 6.39. The molecular formula is C28H25N3O5S. The Balaban J connectivity index is 1.80. The summed E-state index contributed by atoms with van der Waals surface area (Å²) in [6.45, 7) is 7.72. The summed E-state index contributed by atoms with van der Waals surface area (Å²) in [4.78, 5) is 47.3. The first-order chi connectivity index (χ1) is 17.9. The second-order valence-corrected chi connectivity index (χ2v) is 9.47. The number of carbonyl (C=O) groups is 2. The van der Waals surface area contributed by atoms with E-state index in [0.717, 1.165) is 17.0 Å². The van der Waals surface area contributed by atoms with Gasteiger partial charge in [0.25, 0.3) is 11.5 Å². The predicted molar refractivity (Wildman–Crippen MR) is 141 cm³/mol. The van der Waals surface area contributed by atoms with Crippen LogP contribution in [0.15, 0.2) is 82.2 Å². The predicted octanol–water partition coefficient (Wildman–Crippen LogP) is 2.71. The molecule has 0 spiro atoms. The zero-order chi connectivity index (χ0) is 26.3. The van der Waals surface area contributed by atoms with Gasteiger partial charge in [-0.15, -0.1) is 6.58 Å². The Morgan fingerprint density at radius 3 is 2.57 bits per heavy atom. The Morgan fingerprint density at radius 1 is 1.16 bits per heavy atom. The molecule has 0 fully saturated rings. The third-order valence-corrected chi connectivity index (χ3v) is 7.44. The number of aromatic nitrogens is 1. The van der Waals surface area contributed by atoms with Crippen molar-refractivity contribution in [3.8, 4) is 5.75 Å². The number of methoxy groups -OCH3 is 1. The minimum atomic E-state index is -0.772.